The number of fused-ring (bicyclic) bond motifs is 5. The molecule has 0 saturated carbocycles. The SMILES string of the molecule is COc1ccccc1S(=O)(=O)N(C)C[C@@H]1OCc2ccccc2-c2c(n(C)c3ccccc23)C(=O)N([C@H](C)CO)C[C@@H]1C. The Labute approximate surface area is 253 Å². The zero-order valence-corrected chi connectivity index (χ0v) is 26.0. The molecule has 228 valence electrons. The summed E-state index contributed by atoms with van der Waals surface area (Å²) in [6, 6.07) is 21.8. The molecule has 0 radical (unpaired) electrons. The van der Waals surface area contributed by atoms with E-state index >= 15 is 0 Å². The van der Waals surface area contributed by atoms with E-state index in [4.69, 9.17) is 9.47 Å². The van der Waals surface area contributed by atoms with Crippen LogP contribution in [0.15, 0.2) is 77.7 Å². The van der Waals surface area contributed by atoms with Gasteiger partial charge in [0, 0.05) is 49.6 Å². The van der Waals surface area contributed by atoms with Gasteiger partial charge in [-0.2, -0.15) is 4.31 Å². The van der Waals surface area contributed by atoms with Crippen LogP contribution in [0.2, 0.25) is 0 Å². The summed E-state index contributed by atoms with van der Waals surface area (Å²) in [5, 5.41) is 11.2. The average molecular weight is 606 g/mol. The number of aliphatic hydroxyl groups is 1. The number of rotatable bonds is 7. The zero-order chi connectivity index (χ0) is 30.9. The number of benzene rings is 3. The van der Waals surface area contributed by atoms with Crippen LogP contribution in [0.1, 0.15) is 29.9 Å². The van der Waals surface area contributed by atoms with Gasteiger partial charge in [-0.1, -0.05) is 61.5 Å². The molecular formula is C33H39N3O6S. The van der Waals surface area contributed by atoms with Crippen molar-refractivity contribution < 1.29 is 27.8 Å². The molecule has 2 heterocycles. The summed E-state index contributed by atoms with van der Waals surface area (Å²) in [5.74, 6) is -0.220. The highest BCUT2D eigenvalue weighted by Crippen LogP contribution is 2.38. The number of sulfonamides is 1. The van der Waals surface area contributed by atoms with E-state index < -0.39 is 22.2 Å². The van der Waals surface area contributed by atoms with Crippen LogP contribution in [-0.4, -0.2) is 79.2 Å². The normalized spacial score (nSPS) is 18.7. The maximum absolute atomic E-state index is 14.5. The minimum absolute atomic E-state index is 0.0507. The van der Waals surface area contributed by atoms with Crippen molar-refractivity contribution >= 4 is 26.8 Å². The summed E-state index contributed by atoms with van der Waals surface area (Å²) in [4.78, 5) is 16.2. The topological polar surface area (TPSA) is 101 Å². The van der Waals surface area contributed by atoms with E-state index in [9.17, 15) is 18.3 Å². The number of para-hydroxylation sites is 2. The number of carbonyl (C=O) groups excluding carboxylic acids is 1. The number of nitrogens with zero attached hydrogens (tertiary/aromatic N) is 3. The summed E-state index contributed by atoms with van der Waals surface area (Å²) < 4.78 is 42.4. The van der Waals surface area contributed by atoms with Gasteiger partial charge in [-0.15, -0.1) is 0 Å². The standard InChI is InChI=1S/C33H39N3O6S/c1-22-18-36(23(2)20-37)33(38)32-31(26-14-8-9-15-27(26)35(32)4)25-13-7-6-12-24(25)21-42-29(22)19-34(3)43(39,40)30-17-11-10-16-28(30)41-5/h6-17,22-23,29,37H,18-21H2,1-5H3/t22-,23+,29-/m0/s1. The largest absolute Gasteiger partial charge is 0.495 e. The Morgan fingerprint density at radius 1 is 1.07 bits per heavy atom. The van der Waals surface area contributed by atoms with Crippen molar-refractivity contribution in [2.75, 3.05) is 33.9 Å². The van der Waals surface area contributed by atoms with E-state index in [1.54, 1.807) is 23.1 Å². The third-order valence-corrected chi connectivity index (χ3v) is 10.3. The van der Waals surface area contributed by atoms with Gasteiger partial charge in [0.15, 0.2) is 0 Å². The van der Waals surface area contributed by atoms with Crippen LogP contribution in [0.3, 0.4) is 0 Å². The lowest BCUT2D eigenvalue weighted by atomic mass is 9.96. The van der Waals surface area contributed by atoms with Crippen LogP contribution in [0.4, 0.5) is 0 Å². The van der Waals surface area contributed by atoms with Crippen molar-refractivity contribution in [2.45, 2.75) is 37.5 Å². The first kappa shape index (κ1) is 30.7. The van der Waals surface area contributed by atoms with E-state index in [1.807, 2.05) is 74.0 Å². The van der Waals surface area contributed by atoms with Crippen molar-refractivity contribution in [3.05, 3.63) is 84.1 Å². The highest BCUT2D eigenvalue weighted by atomic mass is 32.2. The van der Waals surface area contributed by atoms with Gasteiger partial charge in [-0.25, -0.2) is 8.42 Å². The lowest BCUT2D eigenvalue weighted by Gasteiger charge is -2.35. The molecule has 1 aliphatic rings. The maximum atomic E-state index is 14.5. The van der Waals surface area contributed by atoms with Crippen LogP contribution in [0, 0.1) is 5.92 Å². The highest BCUT2D eigenvalue weighted by Gasteiger charge is 2.35. The molecule has 5 rings (SSSR count). The number of aryl methyl sites for hydroxylation is 1. The van der Waals surface area contributed by atoms with Crippen LogP contribution >= 0.6 is 0 Å². The van der Waals surface area contributed by atoms with E-state index in [2.05, 4.69) is 0 Å². The molecule has 0 unspecified atom stereocenters. The number of aromatic nitrogens is 1. The summed E-state index contributed by atoms with van der Waals surface area (Å²) in [5.41, 5.74) is 4.06. The zero-order valence-electron chi connectivity index (χ0n) is 25.2. The molecule has 0 fully saturated rings. The van der Waals surface area contributed by atoms with Crippen molar-refractivity contribution in [3.63, 3.8) is 0 Å². The van der Waals surface area contributed by atoms with Crippen LogP contribution in [0.25, 0.3) is 22.0 Å². The Hall–Kier alpha value is -3.70. The summed E-state index contributed by atoms with van der Waals surface area (Å²) >= 11 is 0. The number of aliphatic hydroxyl groups excluding tert-OH is 1. The first-order valence-corrected chi connectivity index (χ1v) is 15.8. The first-order valence-electron chi connectivity index (χ1n) is 14.4. The Morgan fingerprint density at radius 3 is 2.49 bits per heavy atom. The Kier molecular flexibility index (Phi) is 8.94. The molecule has 1 aliphatic heterocycles. The molecule has 43 heavy (non-hydrogen) atoms. The predicted molar refractivity (Wildman–Crippen MR) is 166 cm³/mol. The summed E-state index contributed by atoms with van der Waals surface area (Å²) in [6.45, 7) is 4.07. The highest BCUT2D eigenvalue weighted by molar-refractivity contribution is 7.89. The van der Waals surface area contributed by atoms with Gasteiger partial charge in [0.1, 0.15) is 16.3 Å². The molecular weight excluding hydrogens is 566 g/mol. The van der Waals surface area contributed by atoms with E-state index in [0.717, 1.165) is 27.6 Å². The number of carbonyl (C=O) groups is 1. The van der Waals surface area contributed by atoms with Crippen LogP contribution < -0.4 is 4.74 Å². The number of hydrogen-bond acceptors (Lipinski definition) is 6. The molecule has 9 nitrogen and oxygen atoms in total. The van der Waals surface area contributed by atoms with Crippen LogP contribution in [-0.2, 0) is 28.4 Å². The van der Waals surface area contributed by atoms with Crippen molar-refractivity contribution in [1.29, 1.82) is 0 Å². The molecule has 10 heteroatoms. The van der Waals surface area contributed by atoms with Gasteiger partial charge in [0.25, 0.3) is 5.91 Å². The minimum atomic E-state index is -3.92. The molecule has 0 spiro atoms. The fraction of sp³-hybridized carbons (Fsp3) is 0.364. The number of methoxy groups -OCH3 is 1. The number of amides is 1. The third kappa shape index (κ3) is 5.68. The predicted octanol–water partition coefficient (Wildman–Crippen LogP) is 4.53. The lowest BCUT2D eigenvalue weighted by Crippen LogP contribution is -2.48. The fourth-order valence-electron chi connectivity index (χ4n) is 5.88. The molecule has 0 aliphatic carbocycles. The molecule has 3 atom stereocenters. The monoisotopic (exact) mass is 605 g/mol. The van der Waals surface area contributed by atoms with E-state index in [1.165, 1.54) is 24.5 Å². The second-order valence-corrected chi connectivity index (χ2v) is 13.2. The van der Waals surface area contributed by atoms with Gasteiger partial charge in [0.2, 0.25) is 10.0 Å². The van der Waals surface area contributed by atoms with Gasteiger partial charge in [0.05, 0.1) is 32.5 Å². The number of ether oxygens (including phenoxy) is 2. The van der Waals surface area contributed by atoms with E-state index in [0.29, 0.717) is 5.69 Å². The number of hydrogen-bond donors (Lipinski definition) is 1. The first-order chi connectivity index (χ1) is 20.6. The fourth-order valence-corrected chi connectivity index (χ4v) is 7.21. The Bertz CT molecular complexity index is 1730. The van der Waals surface area contributed by atoms with E-state index in [-0.39, 0.29) is 48.8 Å². The molecule has 4 aromatic rings. The quantitative estimate of drug-likeness (QED) is 0.332. The molecule has 1 amide bonds. The van der Waals surface area contributed by atoms with Gasteiger partial charge < -0.3 is 24.0 Å². The third-order valence-electron chi connectivity index (χ3n) is 8.42. The Morgan fingerprint density at radius 2 is 1.74 bits per heavy atom. The average Bonchev–Trinajstić information content (AvgIpc) is 3.31. The van der Waals surface area contributed by atoms with Gasteiger partial charge in [-0.3, -0.25) is 4.79 Å². The maximum Gasteiger partial charge on any atom is 0.271 e. The number of likely N-dealkylation sites (N-methyl/N-ethyl adjacent to an activating group) is 1. The smallest absolute Gasteiger partial charge is 0.271 e. The molecule has 1 N–H and O–H groups in total. The summed E-state index contributed by atoms with van der Waals surface area (Å²) in [6.07, 6.45) is -0.568. The molecule has 1 aromatic heterocycles. The Balaban J connectivity index is 1.60. The lowest BCUT2D eigenvalue weighted by molar-refractivity contribution is -0.0147. The summed E-state index contributed by atoms with van der Waals surface area (Å²) in [7, 11) is 0.944. The second kappa shape index (κ2) is 12.5. The van der Waals surface area contributed by atoms with Crippen LogP contribution in [0.5, 0.6) is 5.75 Å². The van der Waals surface area contributed by atoms with Gasteiger partial charge >= 0.3 is 0 Å². The van der Waals surface area contributed by atoms with Crippen molar-refractivity contribution in [3.8, 4) is 16.9 Å². The molecule has 0 saturated heterocycles. The van der Waals surface area contributed by atoms with Crippen molar-refractivity contribution in [2.24, 2.45) is 13.0 Å². The van der Waals surface area contributed by atoms with Gasteiger partial charge in [-0.05, 0) is 36.2 Å². The molecule has 0 bridgehead atoms. The molecule has 3 aromatic carbocycles. The second-order valence-electron chi connectivity index (χ2n) is 11.2. The minimum Gasteiger partial charge on any atom is -0.495 e. The van der Waals surface area contributed by atoms with Crippen molar-refractivity contribution in [1.82, 2.24) is 13.8 Å².